The molecule has 0 bridgehead atoms. The van der Waals surface area contributed by atoms with Gasteiger partial charge in [0, 0.05) is 18.0 Å². The number of para-hydroxylation sites is 1. The number of fused-ring (bicyclic) bond motifs is 1. The summed E-state index contributed by atoms with van der Waals surface area (Å²) in [5.41, 5.74) is 3.09. The Balaban J connectivity index is 2.03. The smallest absolute Gasteiger partial charge is 0.282 e. The molecule has 0 aliphatic heterocycles. The quantitative estimate of drug-likeness (QED) is 0.573. The van der Waals surface area contributed by atoms with Crippen molar-refractivity contribution in [3.8, 4) is 5.13 Å². The molecule has 6 heteroatoms. The molecule has 0 aliphatic rings. The van der Waals surface area contributed by atoms with Gasteiger partial charge in [-0.3, -0.25) is 14.9 Å². The molecule has 2 aromatic heterocycles. The number of aromatic nitrogens is 3. The van der Waals surface area contributed by atoms with Crippen molar-refractivity contribution in [2.24, 2.45) is 4.99 Å². The number of nitrogens with one attached hydrogen (secondary N) is 1. The Labute approximate surface area is 138 Å². The minimum Gasteiger partial charge on any atom is -0.293 e. The van der Waals surface area contributed by atoms with Gasteiger partial charge in [-0.25, -0.2) is 4.98 Å². The van der Waals surface area contributed by atoms with Gasteiger partial charge in [-0.2, -0.15) is 4.68 Å². The van der Waals surface area contributed by atoms with Gasteiger partial charge in [-0.15, -0.1) is 0 Å². The van der Waals surface area contributed by atoms with Crippen LogP contribution in [0.25, 0.3) is 15.3 Å². The number of H-pyrrole nitrogens is 1. The van der Waals surface area contributed by atoms with Crippen LogP contribution in [0, 0.1) is 6.92 Å². The van der Waals surface area contributed by atoms with Crippen LogP contribution in [-0.4, -0.2) is 27.0 Å². The third-order valence-electron chi connectivity index (χ3n) is 3.77. The van der Waals surface area contributed by atoms with Crippen molar-refractivity contribution < 1.29 is 0 Å². The third-order valence-corrected chi connectivity index (χ3v) is 4.79. The van der Waals surface area contributed by atoms with Gasteiger partial charge in [-0.1, -0.05) is 36.8 Å². The van der Waals surface area contributed by atoms with Crippen LogP contribution in [0.15, 0.2) is 34.1 Å². The zero-order chi connectivity index (χ0) is 16.4. The number of rotatable bonds is 5. The van der Waals surface area contributed by atoms with Gasteiger partial charge >= 0.3 is 0 Å². The largest absolute Gasteiger partial charge is 0.293 e. The van der Waals surface area contributed by atoms with E-state index in [4.69, 9.17) is 0 Å². The van der Waals surface area contributed by atoms with Crippen molar-refractivity contribution in [3.63, 3.8) is 0 Å². The van der Waals surface area contributed by atoms with E-state index in [9.17, 15) is 4.79 Å². The van der Waals surface area contributed by atoms with E-state index in [1.54, 1.807) is 0 Å². The van der Waals surface area contributed by atoms with Crippen LogP contribution < -0.4 is 5.56 Å². The van der Waals surface area contributed by atoms with E-state index in [1.807, 2.05) is 38.1 Å². The molecular weight excluding hydrogens is 308 g/mol. The summed E-state index contributed by atoms with van der Waals surface area (Å²) in [6.07, 6.45) is 2.13. The van der Waals surface area contributed by atoms with E-state index in [2.05, 4.69) is 22.0 Å². The second-order valence-corrected chi connectivity index (χ2v) is 6.55. The van der Waals surface area contributed by atoms with Crippen LogP contribution >= 0.6 is 11.3 Å². The fraction of sp³-hybridized carbons (Fsp3) is 0.353. The number of aryl methyl sites for hydroxylation is 1. The summed E-state index contributed by atoms with van der Waals surface area (Å²) in [6.45, 7) is 6.69. The maximum atomic E-state index is 12.8. The summed E-state index contributed by atoms with van der Waals surface area (Å²) in [5, 5.41) is 3.79. The Kier molecular flexibility index (Phi) is 4.43. The normalized spacial score (nSPS) is 12.2. The van der Waals surface area contributed by atoms with Crippen LogP contribution in [0.4, 0.5) is 0 Å². The van der Waals surface area contributed by atoms with Gasteiger partial charge in [0.2, 0.25) is 5.13 Å². The van der Waals surface area contributed by atoms with Crippen LogP contribution in [0.2, 0.25) is 0 Å². The van der Waals surface area contributed by atoms with Gasteiger partial charge < -0.3 is 0 Å². The van der Waals surface area contributed by atoms with E-state index in [0.29, 0.717) is 10.7 Å². The van der Waals surface area contributed by atoms with Crippen molar-refractivity contribution in [1.29, 1.82) is 0 Å². The highest BCUT2D eigenvalue weighted by Gasteiger charge is 2.17. The molecular formula is C17H20N4OS. The highest BCUT2D eigenvalue weighted by Crippen LogP contribution is 2.23. The first-order valence-electron chi connectivity index (χ1n) is 7.80. The van der Waals surface area contributed by atoms with Crippen molar-refractivity contribution in [2.45, 2.75) is 33.6 Å². The molecule has 0 saturated heterocycles. The lowest BCUT2D eigenvalue weighted by Crippen LogP contribution is -2.19. The predicted molar refractivity (Wildman–Crippen MR) is 96.3 cm³/mol. The molecule has 1 N–H and O–H groups in total. The van der Waals surface area contributed by atoms with Crippen molar-refractivity contribution in [2.75, 3.05) is 6.54 Å². The molecule has 3 aromatic rings. The predicted octanol–water partition coefficient (Wildman–Crippen LogP) is 3.69. The van der Waals surface area contributed by atoms with E-state index in [0.717, 1.165) is 41.0 Å². The second-order valence-electron chi connectivity index (χ2n) is 5.54. The van der Waals surface area contributed by atoms with Crippen molar-refractivity contribution in [1.82, 2.24) is 14.8 Å². The van der Waals surface area contributed by atoms with Crippen LogP contribution in [0.5, 0.6) is 0 Å². The van der Waals surface area contributed by atoms with E-state index in [-0.39, 0.29) is 5.56 Å². The van der Waals surface area contributed by atoms with Crippen LogP contribution in [-0.2, 0) is 0 Å². The fourth-order valence-electron chi connectivity index (χ4n) is 2.55. The molecule has 0 unspecified atom stereocenters. The number of benzene rings is 1. The molecule has 23 heavy (non-hydrogen) atoms. The standard InChI is InChI=1S/C17H20N4OS/c1-4-5-10-18-11(2)15-12(3)20-21(16(15)22)17-19-13-8-6-7-9-14(13)23-17/h6-9,20H,4-5,10H2,1-3H3. The molecule has 0 atom stereocenters. The SMILES string of the molecule is CCCCN=C(C)c1c(C)[nH]n(-c2nc3ccccc3s2)c1=O. The Hall–Kier alpha value is -2.21. The van der Waals surface area contributed by atoms with Crippen molar-refractivity contribution in [3.05, 3.63) is 45.9 Å². The molecule has 0 aliphatic carbocycles. The molecule has 0 saturated carbocycles. The molecule has 0 radical (unpaired) electrons. The number of nitrogens with zero attached hydrogens (tertiary/aromatic N) is 3. The molecule has 0 amide bonds. The number of unbranched alkanes of at least 4 members (excludes halogenated alkanes) is 1. The first kappa shape index (κ1) is 15.7. The van der Waals surface area contributed by atoms with Crippen LogP contribution in [0.3, 0.4) is 0 Å². The lowest BCUT2D eigenvalue weighted by molar-refractivity contribution is 0.807. The fourth-order valence-corrected chi connectivity index (χ4v) is 3.47. The first-order valence-corrected chi connectivity index (χ1v) is 8.62. The molecule has 0 spiro atoms. The Morgan fingerprint density at radius 3 is 2.91 bits per heavy atom. The topological polar surface area (TPSA) is 63.0 Å². The Morgan fingerprint density at radius 2 is 2.17 bits per heavy atom. The number of aromatic amines is 1. The molecule has 3 rings (SSSR count). The Morgan fingerprint density at radius 1 is 1.39 bits per heavy atom. The maximum Gasteiger partial charge on any atom is 0.282 e. The minimum atomic E-state index is -0.0840. The summed E-state index contributed by atoms with van der Waals surface area (Å²) in [5.74, 6) is 0. The minimum absolute atomic E-state index is 0.0840. The third kappa shape index (κ3) is 2.99. The second kappa shape index (κ2) is 6.50. The monoisotopic (exact) mass is 328 g/mol. The summed E-state index contributed by atoms with van der Waals surface area (Å²) < 4.78 is 2.59. The average molecular weight is 328 g/mol. The van der Waals surface area contributed by atoms with Gasteiger partial charge in [0.1, 0.15) is 0 Å². The molecule has 1 aromatic carbocycles. The highest BCUT2D eigenvalue weighted by molar-refractivity contribution is 7.20. The molecule has 120 valence electrons. The molecule has 5 nitrogen and oxygen atoms in total. The van der Waals surface area contributed by atoms with Gasteiger partial charge in [-0.05, 0) is 32.4 Å². The number of hydrogen-bond acceptors (Lipinski definition) is 4. The van der Waals surface area contributed by atoms with Gasteiger partial charge in [0.05, 0.1) is 15.8 Å². The van der Waals surface area contributed by atoms with Gasteiger partial charge in [0.25, 0.3) is 5.56 Å². The zero-order valence-corrected chi connectivity index (χ0v) is 14.4. The van der Waals surface area contributed by atoms with E-state index < -0.39 is 0 Å². The lowest BCUT2D eigenvalue weighted by Gasteiger charge is -1.97. The molecule has 2 heterocycles. The van der Waals surface area contributed by atoms with Crippen molar-refractivity contribution >= 4 is 27.3 Å². The van der Waals surface area contributed by atoms with Crippen LogP contribution in [0.1, 0.15) is 37.9 Å². The molecule has 0 fully saturated rings. The zero-order valence-electron chi connectivity index (χ0n) is 13.6. The van der Waals surface area contributed by atoms with E-state index in [1.165, 1.54) is 16.0 Å². The summed E-state index contributed by atoms with van der Waals surface area (Å²) in [4.78, 5) is 21.8. The number of hydrogen-bond donors (Lipinski definition) is 1. The van der Waals surface area contributed by atoms with E-state index >= 15 is 0 Å². The average Bonchev–Trinajstić information content (AvgIpc) is 3.08. The highest BCUT2D eigenvalue weighted by atomic mass is 32.1. The first-order chi connectivity index (χ1) is 11.1. The summed E-state index contributed by atoms with van der Waals surface area (Å²) >= 11 is 1.50. The summed E-state index contributed by atoms with van der Waals surface area (Å²) in [6, 6.07) is 7.89. The lowest BCUT2D eigenvalue weighted by atomic mass is 10.2. The van der Waals surface area contributed by atoms with Gasteiger partial charge in [0.15, 0.2) is 0 Å². The summed E-state index contributed by atoms with van der Waals surface area (Å²) in [7, 11) is 0. The number of aliphatic imine (C=N–C) groups is 1. The maximum absolute atomic E-state index is 12.8. The Bertz CT molecular complexity index is 883. The number of thiazole rings is 1.